The van der Waals surface area contributed by atoms with E-state index >= 15 is 0 Å². The molecular formula is C23H25ClN2O3S. The molecule has 3 aromatic rings. The van der Waals surface area contributed by atoms with Crippen molar-refractivity contribution in [1.82, 2.24) is 9.29 Å². The molecule has 0 atom stereocenters. The fourth-order valence-electron chi connectivity index (χ4n) is 4.24. The molecule has 4 rings (SSSR count). The summed E-state index contributed by atoms with van der Waals surface area (Å²) in [6, 6.07) is 12.1. The average Bonchev–Trinajstić information content (AvgIpc) is 3.24. The van der Waals surface area contributed by atoms with Gasteiger partial charge in [-0.2, -0.15) is 4.31 Å². The summed E-state index contributed by atoms with van der Waals surface area (Å²) in [5.41, 5.74) is 3.10. The van der Waals surface area contributed by atoms with Gasteiger partial charge in [-0.25, -0.2) is 8.42 Å². The highest BCUT2D eigenvalue weighted by molar-refractivity contribution is 7.89. The molecule has 1 aromatic heterocycles. The largest absolute Gasteiger partial charge is 0.321 e. The molecule has 1 N–H and O–H groups in total. The highest BCUT2D eigenvalue weighted by atomic mass is 35.5. The van der Waals surface area contributed by atoms with Gasteiger partial charge in [0.25, 0.3) is 5.56 Å². The van der Waals surface area contributed by atoms with Crippen molar-refractivity contribution in [2.24, 2.45) is 0 Å². The van der Waals surface area contributed by atoms with Crippen molar-refractivity contribution in [3.05, 3.63) is 74.5 Å². The number of nitrogens with one attached hydrogen (secondary N) is 1. The quantitative estimate of drug-likeness (QED) is 0.606. The van der Waals surface area contributed by atoms with Crippen LogP contribution in [0.1, 0.15) is 42.4 Å². The number of pyridine rings is 1. The molecule has 0 unspecified atom stereocenters. The van der Waals surface area contributed by atoms with Crippen molar-refractivity contribution >= 4 is 32.5 Å². The number of sulfonamides is 1. The summed E-state index contributed by atoms with van der Waals surface area (Å²) in [4.78, 5) is 15.9. The number of nitrogens with zero attached hydrogens (tertiary/aromatic N) is 1. The minimum absolute atomic E-state index is 0.0242. The smallest absolute Gasteiger partial charge is 0.252 e. The molecule has 0 saturated heterocycles. The lowest BCUT2D eigenvalue weighted by Gasteiger charge is -2.28. The lowest BCUT2D eigenvalue weighted by molar-refractivity contribution is 0.315. The Hall–Kier alpha value is -2.15. The molecule has 0 amide bonds. The fraction of sp³-hybridized carbons (Fsp3) is 0.348. The second-order valence-corrected chi connectivity index (χ2v) is 10.3. The molecule has 2 aromatic carbocycles. The number of aryl methyl sites for hydroxylation is 2. The van der Waals surface area contributed by atoms with Crippen LogP contribution < -0.4 is 5.56 Å². The molecule has 30 heavy (non-hydrogen) atoms. The molecule has 1 aliphatic carbocycles. The summed E-state index contributed by atoms with van der Waals surface area (Å²) in [6.07, 6.45) is 3.53. The van der Waals surface area contributed by atoms with Crippen LogP contribution in [0.25, 0.3) is 10.9 Å². The monoisotopic (exact) mass is 444 g/mol. The first kappa shape index (κ1) is 21.1. The molecule has 0 radical (unpaired) electrons. The summed E-state index contributed by atoms with van der Waals surface area (Å²) in [6.45, 7) is 4.00. The number of hydrogen-bond donors (Lipinski definition) is 1. The lowest BCUT2D eigenvalue weighted by Crippen LogP contribution is -2.39. The minimum atomic E-state index is -3.85. The summed E-state index contributed by atoms with van der Waals surface area (Å²) in [7, 11) is -3.85. The van der Waals surface area contributed by atoms with Crippen LogP contribution in [0, 0.1) is 13.8 Å². The standard InChI is InChI=1S/C23H25ClN2O3S/c1-15-11-12-17-13-18(23(27)25-22(17)16(15)2)14-26(19-7-3-4-8-19)30(28,29)21-10-6-5-9-20(21)24/h5-6,9-13,19H,3-4,7-8,14H2,1-2H3,(H,25,27). The number of benzene rings is 2. The molecule has 0 bridgehead atoms. The van der Waals surface area contributed by atoms with Gasteiger partial charge in [0.15, 0.2) is 0 Å². The first-order valence-electron chi connectivity index (χ1n) is 10.2. The van der Waals surface area contributed by atoms with Crippen molar-refractivity contribution in [3.8, 4) is 0 Å². The zero-order chi connectivity index (χ0) is 21.5. The van der Waals surface area contributed by atoms with E-state index in [1.54, 1.807) is 18.2 Å². The van der Waals surface area contributed by atoms with Crippen molar-refractivity contribution in [2.75, 3.05) is 0 Å². The van der Waals surface area contributed by atoms with Crippen molar-refractivity contribution in [2.45, 2.75) is 57.0 Å². The predicted molar refractivity (Wildman–Crippen MR) is 120 cm³/mol. The molecule has 1 heterocycles. The first-order valence-corrected chi connectivity index (χ1v) is 12.0. The van der Waals surface area contributed by atoms with Crippen LogP contribution >= 0.6 is 11.6 Å². The van der Waals surface area contributed by atoms with Crippen LogP contribution in [0.4, 0.5) is 0 Å². The van der Waals surface area contributed by atoms with Gasteiger partial charge in [-0.1, -0.05) is 48.7 Å². The van der Waals surface area contributed by atoms with Gasteiger partial charge in [0, 0.05) is 18.2 Å². The molecule has 158 valence electrons. The van der Waals surface area contributed by atoms with Crippen LogP contribution in [0.15, 0.2) is 52.2 Å². The topological polar surface area (TPSA) is 70.2 Å². The van der Waals surface area contributed by atoms with E-state index < -0.39 is 10.0 Å². The van der Waals surface area contributed by atoms with Crippen LogP contribution in [0.2, 0.25) is 5.02 Å². The van der Waals surface area contributed by atoms with E-state index in [9.17, 15) is 13.2 Å². The second-order valence-electron chi connectivity index (χ2n) is 8.01. The number of aromatic amines is 1. The maximum absolute atomic E-state index is 13.5. The highest BCUT2D eigenvalue weighted by Crippen LogP contribution is 2.32. The van der Waals surface area contributed by atoms with Gasteiger partial charge < -0.3 is 4.98 Å². The SMILES string of the molecule is Cc1ccc2cc(CN(C3CCCC3)S(=O)(=O)c3ccccc3Cl)c(=O)[nH]c2c1C. The molecule has 1 fully saturated rings. The molecule has 5 nitrogen and oxygen atoms in total. The lowest BCUT2D eigenvalue weighted by atomic mass is 10.0. The second kappa shape index (κ2) is 8.17. The zero-order valence-corrected chi connectivity index (χ0v) is 18.7. The summed E-state index contributed by atoms with van der Waals surface area (Å²) in [5, 5.41) is 1.09. The molecule has 0 aliphatic heterocycles. The number of halogens is 1. The molecular weight excluding hydrogens is 420 g/mol. The predicted octanol–water partition coefficient (Wildman–Crippen LogP) is 4.93. The van der Waals surface area contributed by atoms with Gasteiger partial charge in [0.2, 0.25) is 10.0 Å². The van der Waals surface area contributed by atoms with E-state index in [2.05, 4.69) is 4.98 Å². The van der Waals surface area contributed by atoms with Gasteiger partial charge >= 0.3 is 0 Å². The minimum Gasteiger partial charge on any atom is -0.321 e. The van der Waals surface area contributed by atoms with E-state index in [0.29, 0.717) is 5.56 Å². The number of hydrogen-bond acceptors (Lipinski definition) is 3. The normalized spacial score (nSPS) is 15.3. The van der Waals surface area contributed by atoms with Crippen molar-refractivity contribution in [3.63, 3.8) is 0 Å². The van der Waals surface area contributed by atoms with E-state index in [0.717, 1.165) is 47.7 Å². The molecule has 7 heteroatoms. The summed E-state index contributed by atoms with van der Waals surface area (Å²) < 4.78 is 28.6. The summed E-state index contributed by atoms with van der Waals surface area (Å²) in [5.74, 6) is 0. The van der Waals surface area contributed by atoms with Crippen LogP contribution in [-0.4, -0.2) is 23.7 Å². The Morgan fingerprint density at radius 2 is 1.80 bits per heavy atom. The first-order chi connectivity index (χ1) is 14.3. The third-order valence-electron chi connectivity index (χ3n) is 6.11. The van der Waals surface area contributed by atoms with E-state index in [4.69, 9.17) is 11.6 Å². The molecule has 1 saturated carbocycles. The maximum atomic E-state index is 13.5. The van der Waals surface area contributed by atoms with Gasteiger partial charge in [-0.15, -0.1) is 0 Å². The Balaban J connectivity index is 1.80. The van der Waals surface area contributed by atoms with Crippen LogP contribution in [0.5, 0.6) is 0 Å². The van der Waals surface area contributed by atoms with Gasteiger partial charge in [-0.3, -0.25) is 4.79 Å². The maximum Gasteiger partial charge on any atom is 0.252 e. The third-order valence-corrected chi connectivity index (χ3v) is 8.51. The Kier molecular flexibility index (Phi) is 5.75. The third kappa shape index (κ3) is 3.80. The van der Waals surface area contributed by atoms with E-state index in [1.807, 2.05) is 32.0 Å². The van der Waals surface area contributed by atoms with Crippen LogP contribution in [-0.2, 0) is 16.6 Å². The molecule has 1 aliphatic rings. The number of H-pyrrole nitrogens is 1. The van der Waals surface area contributed by atoms with Crippen LogP contribution in [0.3, 0.4) is 0 Å². The number of fused-ring (bicyclic) bond motifs is 1. The fourth-order valence-corrected chi connectivity index (χ4v) is 6.40. The zero-order valence-electron chi connectivity index (χ0n) is 17.1. The Labute approximate surface area is 181 Å². The van der Waals surface area contributed by atoms with Crippen molar-refractivity contribution in [1.29, 1.82) is 0 Å². The Morgan fingerprint density at radius 1 is 1.10 bits per heavy atom. The van der Waals surface area contributed by atoms with E-state index in [1.165, 1.54) is 10.4 Å². The Bertz CT molecular complexity index is 1260. The molecule has 0 spiro atoms. The van der Waals surface area contributed by atoms with Gasteiger partial charge in [0.1, 0.15) is 4.90 Å². The summed E-state index contributed by atoms with van der Waals surface area (Å²) >= 11 is 6.23. The van der Waals surface area contributed by atoms with E-state index in [-0.39, 0.29) is 28.1 Å². The van der Waals surface area contributed by atoms with Gasteiger partial charge in [0.05, 0.1) is 10.5 Å². The Morgan fingerprint density at radius 3 is 2.50 bits per heavy atom. The highest BCUT2D eigenvalue weighted by Gasteiger charge is 2.35. The van der Waals surface area contributed by atoms with Gasteiger partial charge in [-0.05, 0) is 61.4 Å². The average molecular weight is 445 g/mol. The van der Waals surface area contributed by atoms with Crippen molar-refractivity contribution < 1.29 is 8.42 Å². The number of rotatable bonds is 5. The number of aromatic nitrogens is 1.